The Morgan fingerprint density at radius 2 is 1.86 bits per heavy atom. The molecule has 29 heavy (non-hydrogen) atoms. The lowest BCUT2D eigenvalue weighted by molar-refractivity contribution is 0.0696. The molecule has 5 nitrogen and oxygen atoms in total. The Labute approximate surface area is 173 Å². The van der Waals surface area contributed by atoms with Crippen molar-refractivity contribution in [3.8, 4) is 11.4 Å². The van der Waals surface area contributed by atoms with Crippen molar-refractivity contribution in [3.05, 3.63) is 91.3 Å². The summed E-state index contributed by atoms with van der Waals surface area (Å²) >= 11 is 3.22. The molecule has 2 aromatic carbocycles. The largest absolute Gasteiger partial charge is 0.487 e. The summed E-state index contributed by atoms with van der Waals surface area (Å²) in [5, 5.41) is 9.16. The zero-order valence-electron chi connectivity index (χ0n) is 15.5. The molecule has 0 radical (unpaired) electrons. The minimum atomic E-state index is -1.05. The van der Waals surface area contributed by atoms with Gasteiger partial charge in [0.1, 0.15) is 28.5 Å². The van der Waals surface area contributed by atoms with Gasteiger partial charge in [-0.2, -0.15) is 0 Å². The molecule has 0 fully saturated rings. The van der Waals surface area contributed by atoms with Crippen LogP contribution in [0.4, 0.5) is 8.78 Å². The molecule has 0 aliphatic carbocycles. The fraction of sp³-hybridized carbons (Fsp3) is 0.143. The number of halogens is 3. The predicted molar refractivity (Wildman–Crippen MR) is 107 cm³/mol. The lowest BCUT2D eigenvalue weighted by Gasteiger charge is -2.15. The number of nitrogens with zero attached hydrogens (tertiary/aromatic N) is 1. The Morgan fingerprint density at radius 1 is 1.14 bits per heavy atom. The van der Waals surface area contributed by atoms with Crippen molar-refractivity contribution in [2.75, 3.05) is 0 Å². The number of pyridine rings is 1. The summed E-state index contributed by atoms with van der Waals surface area (Å²) < 4.78 is 33.9. The summed E-state index contributed by atoms with van der Waals surface area (Å²) in [6.45, 7) is 3.16. The number of hydrogen-bond acceptors (Lipinski definition) is 3. The summed E-state index contributed by atoms with van der Waals surface area (Å²) in [5.41, 5.74) is 1.45. The van der Waals surface area contributed by atoms with E-state index in [9.17, 15) is 18.4 Å². The summed E-state index contributed by atoms with van der Waals surface area (Å²) in [6, 6.07) is 9.37. The Kier molecular flexibility index (Phi) is 5.83. The van der Waals surface area contributed by atoms with Crippen molar-refractivity contribution in [2.45, 2.75) is 20.5 Å². The van der Waals surface area contributed by atoms with Crippen LogP contribution >= 0.6 is 15.9 Å². The van der Waals surface area contributed by atoms with Gasteiger partial charge in [0.15, 0.2) is 0 Å². The molecule has 1 aromatic heterocycles. The van der Waals surface area contributed by atoms with Crippen LogP contribution in [0.5, 0.6) is 5.75 Å². The van der Waals surface area contributed by atoms with Crippen LogP contribution in [0.25, 0.3) is 5.69 Å². The third-order valence-corrected chi connectivity index (χ3v) is 5.13. The van der Waals surface area contributed by atoms with Gasteiger partial charge in [0, 0.05) is 29.1 Å². The number of carboxylic acid groups (broad SMARTS) is 1. The zero-order chi connectivity index (χ0) is 21.3. The molecule has 0 saturated carbocycles. The normalized spacial score (nSPS) is 10.8. The Balaban J connectivity index is 1.95. The molecule has 3 aromatic rings. The maximum absolute atomic E-state index is 13.8. The van der Waals surface area contributed by atoms with Gasteiger partial charge >= 0.3 is 5.97 Å². The lowest BCUT2D eigenvalue weighted by atomic mass is 10.1. The second-order valence-electron chi connectivity index (χ2n) is 6.43. The topological polar surface area (TPSA) is 68.5 Å². The maximum Gasteiger partial charge on any atom is 0.335 e. The van der Waals surface area contributed by atoms with Crippen molar-refractivity contribution in [3.63, 3.8) is 0 Å². The van der Waals surface area contributed by atoms with Crippen LogP contribution in [-0.2, 0) is 6.61 Å². The number of aryl methyl sites for hydroxylation is 2. The van der Waals surface area contributed by atoms with E-state index < -0.39 is 23.2 Å². The monoisotopic (exact) mass is 463 g/mol. The zero-order valence-corrected chi connectivity index (χ0v) is 17.1. The average Bonchev–Trinajstić information content (AvgIpc) is 2.64. The molecule has 0 unspecified atom stereocenters. The predicted octanol–water partition coefficient (Wildman–Crippen LogP) is 4.77. The molecule has 0 aliphatic rings. The van der Waals surface area contributed by atoms with E-state index in [1.54, 1.807) is 32.0 Å². The van der Waals surface area contributed by atoms with Gasteiger partial charge in [-0.3, -0.25) is 9.36 Å². The van der Waals surface area contributed by atoms with Crippen LogP contribution in [0.1, 0.15) is 27.2 Å². The minimum Gasteiger partial charge on any atom is -0.487 e. The molecule has 8 heteroatoms. The van der Waals surface area contributed by atoms with Gasteiger partial charge in [-0.05, 0) is 65.7 Å². The van der Waals surface area contributed by atoms with Crippen LogP contribution < -0.4 is 10.3 Å². The Bertz CT molecular complexity index is 1170. The maximum atomic E-state index is 13.8. The van der Waals surface area contributed by atoms with Gasteiger partial charge in [-0.15, -0.1) is 0 Å². The van der Waals surface area contributed by atoms with E-state index in [-0.39, 0.29) is 28.0 Å². The number of aromatic carboxylic acids is 1. The SMILES string of the molecule is Cc1cc(-n2c(C)cc(OCc3ccc(F)cc3F)c(Br)c2=O)ccc1C(=O)O. The Hall–Kier alpha value is -3.00. The first-order valence-corrected chi connectivity index (χ1v) is 9.31. The van der Waals surface area contributed by atoms with Crippen molar-refractivity contribution in [1.29, 1.82) is 0 Å². The first-order valence-electron chi connectivity index (χ1n) is 8.52. The van der Waals surface area contributed by atoms with Crippen molar-refractivity contribution in [2.24, 2.45) is 0 Å². The molecule has 150 valence electrons. The summed E-state index contributed by atoms with van der Waals surface area (Å²) in [5.74, 6) is -2.25. The van der Waals surface area contributed by atoms with Crippen molar-refractivity contribution in [1.82, 2.24) is 4.57 Å². The fourth-order valence-corrected chi connectivity index (χ4v) is 3.33. The molecule has 3 rings (SSSR count). The summed E-state index contributed by atoms with van der Waals surface area (Å²) in [6.07, 6.45) is 0. The minimum absolute atomic E-state index is 0.130. The third kappa shape index (κ3) is 4.22. The molecule has 0 atom stereocenters. The number of ether oxygens (including phenoxy) is 1. The molecule has 0 saturated heterocycles. The molecule has 0 bridgehead atoms. The van der Waals surface area contributed by atoms with E-state index in [0.29, 0.717) is 16.9 Å². The van der Waals surface area contributed by atoms with E-state index in [0.717, 1.165) is 12.1 Å². The number of benzene rings is 2. The van der Waals surface area contributed by atoms with Crippen LogP contribution in [0.15, 0.2) is 51.7 Å². The number of carbonyl (C=O) groups is 1. The number of carboxylic acids is 1. The van der Waals surface area contributed by atoms with E-state index in [1.807, 2.05) is 0 Å². The number of rotatable bonds is 5. The first kappa shape index (κ1) is 20.7. The smallest absolute Gasteiger partial charge is 0.335 e. The van der Waals surface area contributed by atoms with Gasteiger partial charge in [0.05, 0.1) is 5.56 Å². The van der Waals surface area contributed by atoms with Crippen molar-refractivity contribution < 1.29 is 23.4 Å². The molecule has 1 heterocycles. The molecule has 0 amide bonds. The number of aromatic nitrogens is 1. The van der Waals surface area contributed by atoms with E-state index in [2.05, 4.69) is 15.9 Å². The average molecular weight is 464 g/mol. The van der Waals surface area contributed by atoms with Gasteiger partial charge < -0.3 is 9.84 Å². The van der Waals surface area contributed by atoms with Gasteiger partial charge in [-0.1, -0.05) is 0 Å². The highest BCUT2D eigenvalue weighted by Gasteiger charge is 2.16. The van der Waals surface area contributed by atoms with Crippen LogP contribution in [0.3, 0.4) is 0 Å². The van der Waals surface area contributed by atoms with Crippen LogP contribution in [-0.4, -0.2) is 15.6 Å². The second kappa shape index (κ2) is 8.16. The van der Waals surface area contributed by atoms with Gasteiger partial charge in [-0.25, -0.2) is 13.6 Å². The third-order valence-electron chi connectivity index (χ3n) is 4.40. The van der Waals surface area contributed by atoms with Gasteiger partial charge in [0.25, 0.3) is 5.56 Å². The number of hydrogen-bond donors (Lipinski definition) is 1. The Morgan fingerprint density at radius 3 is 2.48 bits per heavy atom. The highest BCUT2D eigenvalue weighted by Crippen LogP contribution is 2.26. The standard InChI is InChI=1S/C21H16BrF2NO4/c1-11-7-15(5-6-16(11)21(27)28)25-12(2)8-18(19(22)20(25)26)29-10-13-3-4-14(23)9-17(13)24/h3-9H,10H2,1-2H3,(H,27,28). The molecule has 0 aliphatic heterocycles. The van der Waals surface area contributed by atoms with E-state index in [4.69, 9.17) is 9.84 Å². The second-order valence-corrected chi connectivity index (χ2v) is 7.23. The molecule has 1 N–H and O–H groups in total. The summed E-state index contributed by atoms with van der Waals surface area (Å²) in [7, 11) is 0. The quantitative estimate of drug-likeness (QED) is 0.591. The molecular weight excluding hydrogens is 448 g/mol. The fourth-order valence-electron chi connectivity index (χ4n) is 2.93. The summed E-state index contributed by atoms with van der Waals surface area (Å²) in [4.78, 5) is 24.1. The van der Waals surface area contributed by atoms with Crippen LogP contribution in [0.2, 0.25) is 0 Å². The first-order chi connectivity index (χ1) is 13.7. The highest BCUT2D eigenvalue weighted by atomic mass is 79.9. The van der Waals surface area contributed by atoms with Crippen LogP contribution in [0, 0.1) is 25.5 Å². The highest BCUT2D eigenvalue weighted by molar-refractivity contribution is 9.10. The van der Waals surface area contributed by atoms with Crippen molar-refractivity contribution >= 4 is 21.9 Å². The lowest BCUT2D eigenvalue weighted by Crippen LogP contribution is -2.22. The molecule has 0 spiro atoms. The molecular formula is C21H16BrF2NO4. The van der Waals surface area contributed by atoms with E-state index in [1.165, 1.54) is 16.7 Å². The van der Waals surface area contributed by atoms with E-state index >= 15 is 0 Å². The van der Waals surface area contributed by atoms with Gasteiger partial charge in [0.2, 0.25) is 0 Å².